The van der Waals surface area contributed by atoms with Crippen molar-refractivity contribution < 1.29 is 4.79 Å². The summed E-state index contributed by atoms with van der Waals surface area (Å²) < 4.78 is 0. The first-order valence-electron chi connectivity index (χ1n) is 6.03. The lowest BCUT2D eigenvalue weighted by Crippen LogP contribution is -2.47. The zero-order valence-electron chi connectivity index (χ0n) is 10.7. The third-order valence-corrected chi connectivity index (χ3v) is 3.84. The van der Waals surface area contributed by atoms with E-state index in [0.717, 1.165) is 25.9 Å². The lowest BCUT2D eigenvalue weighted by atomic mass is 10.0. The number of amides is 1. The van der Waals surface area contributed by atoms with Crippen LogP contribution in [0.4, 0.5) is 0 Å². The van der Waals surface area contributed by atoms with Crippen molar-refractivity contribution in [3.8, 4) is 0 Å². The Kier molecular flexibility index (Phi) is 6.40. The molecule has 0 radical (unpaired) electrons. The molecule has 0 saturated carbocycles. The van der Waals surface area contributed by atoms with E-state index < -0.39 is 0 Å². The smallest absolute Gasteiger partial charge is 0.255 e. The summed E-state index contributed by atoms with van der Waals surface area (Å²) in [6, 6.07) is 5.35. The normalized spacial score (nSPS) is 18.9. The predicted molar refractivity (Wildman–Crippen MR) is 81.7 cm³/mol. The number of carbonyl (C=O) groups is 1. The topological polar surface area (TPSA) is 32.3 Å². The molecule has 1 saturated heterocycles. The van der Waals surface area contributed by atoms with E-state index in [2.05, 4.69) is 5.32 Å². The van der Waals surface area contributed by atoms with Crippen molar-refractivity contribution in [3.63, 3.8) is 0 Å². The van der Waals surface area contributed by atoms with E-state index in [-0.39, 0.29) is 18.3 Å². The second-order valence-corrected chi connectivity index (χ2v) is 5.35. The molecule has 1 aliphatic rings. The first kappa shape index (κ1) is 16.6. The number of benzene rings is 1. The van der Waals surface area contributed by atoms with Crippen LogP contribution >= 0.6 is 35.6 Å². The lowest BCUT2D eigenvalue weighted by Gasteiger charge is -2.32. The highest BCUT2D eigenvalue weighted by Gasteiger charge is 2.24. The summed E-state index contributed by atoms with van der Waals surface area (Å²) in [5.74, 6) is -0.0394. The Hall–Kier alpha value is -0.480. The SMILES string of the molecule is CNC1CCCN(C(=O)c2cc(Cl)ccc2Cl)C1.Cl. The molecule has 106 valence electrons. The van der Waals surface area contributed by atoms with Crippen molar-refractivity contribution >= 4 is 41.5 Å². The van der Waals surface area contributed by atoms with Gasteiger partial charge in [0.05, 0.1) is 10.6 Å². The minimum Gasteiger partial charge on any atom is -0.337 e. The summed E-state index contributed by atoms with van der Waals surface area (Å²) in [6.07, 6.45) is 2.11. The number of rotatable bonds is 2. The Morgan fingerprint density at radius 2 is 2.16 bits per heavy atom. The third kappa shape index (κ3) is 3.99. The van der Waals surface area contributed by atoms with Gasteiger partial charge in [-0.05, 0) is 38.1 Å². The van der Waals surface area contributed by atoms with Crippen LogP contribution < -0.4 is 5.32 Å². The van der Waals surface area contributed by atoms with Crippen molar-refractivity contribution in [2.75, 3.05) is 20.1 Å². The van der Waals surface area contributed by atoms with Crippen LogP contribution in [0.1, 0.15) is 23.2 Å². The Morgan fingerprint density at radius 3 is 2.84 bits per heavy atom. The van der Waals surface area contributed by atoms with Gasteiger partial charge in [-0.1, -0.05) is 23.2 Å². The maximum absolute atomic E-state index is 12.4. The number of hydrogen-bond donors (Lipinski definition) is 1. The summed E-state index contributed by atoms with van der Waals surface area (Å²) in [6.45, 7) is 1.50. The van der Waals surface area contributed by atoms with Crippen LogP contribution in [-0.2, 0) is 0 Å². The molecule has 1 amide bonds. The molecule has 1 aromatic carbocycles. The Balaban J connectivity index is 0.00000180. The first-order valence-corrected chi connectivity index (χ1v) is 6.79. The fourth-order valence-electron chi connectivity index (χ4n) is 2.23. The van der Waals surface area contributed by atoms with Crippen LogP contribution in [0, 0.1) is 0 Å². The maximum atomic E-state index is 12.4. The number of likely N-dealkylation sites (N-methyl/N-ethyl adjacent to an activating group) is 1. The van der Waals surface area contributed by atoms with E-state index in [1.807, 2.05) is 11.9 Å². The summed E-state index contributed by atoms with van der Waals surface area (Å²) in [5.41, 5.74) is 0.487. The minimum atomic E-state index is -0.0394. The number of halogens is 3. The average molecular weight is 324 g/mol. The van der Waals surface area contributed by atoms with Gasteiger partial charge in [-0.15, -0.1) is 12.4 Å². The van der Waals surface area contributed by atoms with E-state index in [1.165, 1.54) is 0 Å². The second-order valence-electron chi connectivity index (χ2n) is 4.50. The molecule has 0 bridgehead atoms. The number of nitrogens with one attached hydrogen (secondary N) is 1. The standard InChI is InChI=1S/C13H16Cl2N2O.ClH/c1-16-10-3-2-6-17(8-10)13(18)11-7-9(14)4-5-12(11)15;/h4-5,7,10,16H,2-3,6,8H2,1H3;1H. The summed E-state index contributed by atoms with van der Waals surface area (Å²) in [4.78, 5) is 14.2. The molecule has 0 aliphatic carbocycles. The third-order valence-electron chi connectivity index (χ3n) is 3.28. The molecule has 0 aromatic heterocycles. The summed E-state index contributed by atoms with van der Waals surface area (Å²) in [7, 11) is 1.92. The molecule has 19 heavy (non-hydrogen) atoms. The van der Waals surface area contributed by atoms with Gasteiger partial charge in [0, 0.05) is 24.2 Å². The van der Waals surface area contributed by atoms with Crippen LogP contribution in [0.5, 0.6) is 0 Å². The van der Waals surface area contributed by atoms with Gasteiger partial charge in [-0.2, -0.15) is 0 Å². The molecule has 6 heteroatoms. The number of carbonyl (C=O) groups excluding carboxylic acids is 1. The highest BCUT2D eigenvalue weighted by Crippen LogP contribution is 2.23. The Labute approximate surface area is 129 Å². The van der Waals surface area contributed by atoms with Gasteiger partial charge in [0.15, 0.2) is 0 Å². The van der Waals surface area contributed by atoms with Crippen molar-refractivity contribution in [1.29, 1.82) is 0 Å². The molecule has 1 N–H and O–H groups in total. The monoisotopic (exact) mass is 322 g/mol. The van der Waals surface area contributed by atoms with Crippen molar-refractivity contribution in [2.45, 2.75) is 18.9 Å². The first-order chi connectivity index (χ1) is 8.61. The molecule has 3 nitrogen and oxygen atoms in total. The zero-order chi connectivity index (χ0) is 13.1. The van der Waals surface area contributed by atoms with Crippen molar-refractivity contribution in [2.24, 2.45) is 0 Å². The predicted octanol–water partition coefficient (Wildman–Crippen LogP) is 3.24. The van der Waals surface area contributed by atoms with Gasteiger partial charge in [-0.25, -0.2) is 0 Å². The summed E-state index contributed by atoms with van der Waals surface area (Å²) >= 11 is 12.0. The van der Waals surface area contributed by atoms with Crippen LogP contribution in [0.3, 0.4) is 0 Å². The highest BCUT2D eigenvalue weighted by atomic mass is 35.5. The Bertz CT molecular complexity index is 454. The average Bonchev–Trinajstić information content (AvgIpc) is 2.41. The molecule has 2 rings (SSSR count). The van der Waals surface area contributed by atoms with Gasteiger partial charge in [0.25, 0.3) is 5.91 Å². The van der Waals surface area contributed by atoms with Gasteiger partial charge in [0.1, 0.15) is 0 Å². The fraction of sp³-hybridized carbons (Fsp3) is 0.462. The van der Waals surface area contributed by atoms with Crippen LogP contribution in [0.15, 0.2) is 18.2 Å². The van der Waals surface area contributed by atoms with E-state index in [0.29, 0.717) is 21.7 Å². The molecular weight excluding hydrogens is 307 g/mol. The van der Waals surface area contributed by atoms with Crippen LogP contribution in [0.25, 0.3) is 0 Å². The van der Waals surface area contributed by atoms with E-state index in [4.69, 9.17) is 23.2 Å². The quantitative estimate of drug-likeness (QED) is 0.906. The number of likely N-dealkylation sites (tertiary alicyclic amines) is 1. The molecule has 1 aliphatic heterocycles. The second kappa shape index (κ2) is 7.34. The molecule has 0 spiro atoms. The lowest BCUT2D eigenvalue weighted by molar-refractivity contribution is 0.0698. The molecule has 1 atom stereocenters. The molecule has 1 heterocycles. The number of hydrogen-bond acceptors (Lipinski definition) is 2. The van der Waals surface area contributed by atoms with E-state index in [1.54, 1.807) is 18.2 Å². The molecular formula is C13H17Cl3N2O. The van der Waals surface area contributed by atoms with E-state index >= 15 is 0 Å². The zero-order valence-corrected chi connectivity index (χ0v) is 13.0. The van der Waals surface area contributed by atoms with Gasteiger partial charge < -0.3 is 10.2 Å². The molecule has 1 fully saturated rings. The fourth-order valence-corrected chi connectivity index (χ4v) is 2.60. The van der Waals surface area contributed by atoms with Crippen LogP contribution in [0.2, 0.25) is 10.0 Å². The van der Waals surface area contributed by atoms with E-state index in [9.17, 15) is 4.79 Å². The minimum absolute atomic E-state index is 0. The van der Waals surface area contributed by atoms with Gasteiger partial charge >= 0.3 is 0 Å². The number of nitrogens with zero attached hydrogens (tertiary/aromatic N) is 1. The largest absolute Gasteiger partial charge is 0.337 e. The van der Waals surface area contributed by atoms with Gasteiger partial charge in [0.2, 0.25) is 0 Å². The van der Waals surface area contributed by atoms with Crippen molar-refractivity contribution in [3.05, 3.63) is 33.8 Å². The molecule has 1 unspecified atom stereocenters. The molecule has 1 aromatic rings. The van der Waals surface area contributed by atoms with Gasteiger partial charge in [-0.3, -0.25) is 4.79 Å². The maximum Gasteiger partial charge on any atom is 0.255 e. The number of piperidine rings is 1. The van der Waals surface area contributed by atoms with Crippen molar-refractivity contribution in [1.82, 2.24) is 10.2 Å². The highest BCUT2D eigenvalue weighted by molar-refractivity contribution is 6.35. The van der Waals surface area contributed by atoms with Crippen LogP contribution in [-0.4, -0.2) is 37.0 Å². The summed E-state index contributed by atoms with van der Waals surface area (Å²) in [5, 5.41) is 4.20. The Morgan fingerprint density at radius 1 is 1.42 bits per heavy atom.